The number of allylic oxidation sites excluding steroid dienone is 5. The van der Waals surface area contributed by atoms with Crippen molar-refractivity contribution in [1.29, 1.82) is 0 Å². The van der Waals surface area contributed by atoms with Gasteiger partial charge in [-0.3, -0.25) is 15.0 Å². The van der Waals surface area contributed by atoms with Gasteiger partial charge in [0.25, 0.3) is 0 Å². The number of nitrogens with zero attached hydrogens (tertiary/aromatic N) is 8. The summed E-state index contributed by atoms with van der Waals surface area (Å²) in [5, 5.41) is 4.38. The summed E-state index contributed by atoms with van der Waals surface area (Å²) in [4.78, 5) is 35.6. The largest absolute Gasteiger partial charge is 0.316 e. The van der Waals surface area contributed by atoms with Crippen molar-refractivity contribution in [2.24, 2.45) is 0 Å². The number of rotatable bonds is 9. The first-order valence-electron chi connectivity index (χ1n) is 22.3. The van der Waals surface area contributed by atoms with Crippen LogP contribution in [0.15, 0.2) is 164 Å². The Morgan fingerprint density at radius 3 is 2.26 bits per heavy atom. The van der Waals surface area contributed by atoms with Gasteiger partial charge in [0.1, 0.15) is 5.82 Å². The first kappa shape index (κ1) is 39.1. The van der Waals surface area contributed by atoms with Gasteiger partial charge in [-0.05, 0) is 97.0 Å². The van der Waals surface area contributed by atoms with Gasteiger partial charge in [0, 0.05) is 62.6 Å². The zero-order valence-electron chi connectivity index (χ0n) is 35.9. The zero-order valence-corrected chi connectivity index (χ0v) is 36.9. The highest BCUT2D eigenvalue weighted by molar-refractivity contribution is 7.36. The van der Waals surface area contributed by atoms with Crippen molar-refractivity contribution < 1.29 is 0 Å². The molecule has 312 valence electrons. The Morgan fingerprint density at radius 2 is 1.43 bits per heavy atom. The number of hydrogen-bond donors (Lipinski definition) is 0. The third kappa shape index (κ3) is 7.02. The molecule has 0 N–H and O–H groups in total. The van der Waals surface area contributed by atoms with E-state index in [9.17, 15) is 0 Å². The van der Waals surface area contributed by atoms with E-state index in [-0.39, 0.29) is 6.04 Å². The average Bonchev–Trinajstić information content (AvgIpc) is 3.79. The summed E-state index contributed by atoms with van der Waals surface area (Å²) < 4.78 is 2.39. The second-order valence-corrected chi connectivity index (χ2v) is 18.0. The first-order chi connectivity index (χ1) is 32.2. The molecule has 2 aliphatic carbocycles. The van der Waals surface area contributed by atoms with Crippen molar-refractivity contribution in [2.45, 2.75) is 31.7 Å². The van der Waals surface area contributed by atoms with Gasteiger partial charge < -0.3 is 4.57 Å². The molecule has 5 aromatic carbocycles. The van der Waals surface area contributed by atoms with Crippen LogP contribution in [0.3, 0.4) is 0 Å². The molecule has 2 unspecified atom stereocenters. The Bertz CT molecular complexity index is 3570. The summed E-state index contributed by atoms with van der Waals surface area (Å²) >= 11 is 0. The zero-order chi connectivity index (χ0) is 43.3. The maximum absolute atomic E-state index is 5.39. The molecule has 2 atom stereocenters. The van der Waals surface area contributed by atoms with E-state index in [1.165, 1.54) is 33.6 Å². The molecule has 9 heteroatoms. The molecule has 0 amide bonds. The number of imidazole rings is 1. The molecule has 0 saturated heterocycles. The van der Waals surface area contributed by atoms with E-state index in [1.807, 2.05) is 36.8 Å². The van der Waals surface area contributed by atoms with Crippen molar-refractivity contribution in [3.8, 4) is 45.4 Å². The Hall–Kier alpha value is -7.54. The summed E-state index contributed by atoms with van der Waals surface area (Å²) in [6, 6.07) is 42.5. The van der Waals surface area contributed by atoms with Crippen LogP contribution in [0.25, 0.3) is 101 Å². The fraction of sp³-hybridized carbons (Fsp3) is 0.125. The Balaban J connectivity index is 0.960. The summed E-state index contributed by atoms with van der Waals surface area (Å²) in [5.74, 6) is 2.84. The smallest absolute Gasteiger partial charge is 0.164 e. The van der Waals surface area contributed by atoms with E-state index in [2.05, 4.69) is 145 Å². The Kier molecular flexibility index (Phi) is 9.95. The number of pyridine rings is 3. The maximum Gasteiger partial charge on any atom is 0.164 e. The number of fused-ring (bicyclic) bond motifs is 8. The maximum atomic E-state index is 5.39. The van der Waals surface area contributed by atoms with Crippen molar-refractivity contribution in [3.05, 3.63) is 187 Å². The minimum absolute atomic E-state index is 0.0399. The van der Waals surface area contributed by atoms with Gasteiger partial charge in [0.15, 0.2) is 17.5 Å². The standard InChI is InChI=1S/C56H43N8P/c1-65-33-29-35-18-19-37-28-32-59-48(47(37)34-35)38-20-22-39(23-21-38)53-61-54(63-55(62-53)44-15-7-13-36-10-5-6-14-43(36)44)40-24-26-42(27-25-40)64-52-46-17-9-31-58-50(46)49-45(16-8-30-57-49)51(52)60-56(64)41-11-3-2-4-12-41/h2-4,6-9,11-26,28,30-32,34,42,65H,5,10,27,29,33H2,1H3. The SMILES string of the molecule is CPCCc1ccc2ccnc(-c3ccc(-c4nc(C5=CCC(n6c(-c7ccccc7)nc7c8cccnc8c8ncccc8c76)C=C5)nc(-c5cccc6c5C=CCC6)n4)cc3)c2c1. The molecule has 0 radical (unpaired) electrons. The highest BCUT2D eigenvalue weighted by atomic mass is 31.1. The van der Waals surface area contributed by atoms with Crippen molar-refractivity contribution in [2.75, 3.05) is 12.8 Å². The van der Waals surface area contributed by atoms with Gasteiger partial charge in [-0.25, -0.2) is 19.9 Å². The molecule has 0 spiro atoms. The molecule has 8 nitrogen and oxygen atoms in total. The lowest BCUT2D eigenvalue weighted by Gasteiger charge is -2.22. The molecule has 10 aromatic rings. The monoisotopic (exact) mass is 858 g/mol. The highest BCUT2D eigenvalue weighted by Crippen LogP contribution is 2.41. The van der Waals surface area contributed by atoms with Gasteiger partial charge in [0.2, 0.25) is 0 Å². The van der Waals surface area contributed by atoms with Gasteiger partial charge in [-0.1, -0.05) is 115 Å². The lowest BCUT2D eigenvalue weighted by molar-refractivity contribution is 0.633. The highest BCUT2D eigenvalue weighted by Gasteiger charge is 2.26. The van der Waals surface area contributed by atoms with Crippen LogP contribution in [0.1, 0.15) is 41.4 Å². The van der Waals surface area contributed by atoms with Crippen LogP contribution in [0, 0.1) is 0 Å². The van der Waals surface area contributed by atoms with Crippen molar-refractivity contribution >= 4 is 63.8 Å². The van der Waals surface area contributed by atoms with E-state index in [1.54, 1.807) is 0 Å². The molecule has 0 saturated carbocycles. The molecule has 2 aliphatic rings. The summed E-state index contributed by atoms with van der Waals surface area (Å²) in [6.45, 7) is 2.27. The molecular weight excluding hydrogens is 816 g/mol. The first-order valence-corrected chi connectivity index (χ1v) is 24.0. The summed E-state index contributed by atoms with van der Waals surface area (Å²) in [6.07, 6.45) is 21.8. The molecule has 12 rings (SSSR count). The van der Waals surface area contributed by atoms with Crippen molar-refractivity contribution in [1.82, 2.24) is 39.5 Å². The number of hydrogen-bond acceptors (Lipinski definition) is 7. The van der Waals surface area contributed by atoms with E-state index in [4.69, 9.17) is 34.9 Å². The molecule has 65 heavy (non-hydrogen) atoms. The van der Waals surface area contributed by atoms with E-state index < -0.39 is 0 Å². The van der Waals surface area contributed by atoms with E-state index in [0.717, 1.165) is 100 Å². The van der Waals surface area contributed by atoms with Crippen LogP contribution < -0.4 is 0 Å². The number of benzene rings is 5. The average molecular weight is 859 g/mol. The van der Waals surface area contributed by atoms with Crippen LogP contribution in [0.5, 0.6) is 0 Å². The second kappa shape index (κ2) is 16.5. The normalized spacial score (nSPS) is 14.8. The van der Waals surface area contributed by atoms with Crippen LogP contribution in [0.2, 0.25) is 0 Å². The van der Waals surface area contributed by atoms with Gasteiger partial charge in [0.05, 0.1) is 33.8 Å². The third-order valence-corrected chi connectivity index (χ3v) is 13.6. The van der Waals surface area contributed by atoms with Crippen LogP contribution in [0.4, 0.5) is 0 Å². The fourth-order valence-electron chi connectivity index (χ4n) is 9.59. The van der Waals surface area contributed by atoms with Crippen LogP contribution in [-0.2, 0) is 12.8 Å². The summed E-state index contributed by atoms with van der Waals surface area (Å²) in [7, 11) is 0.935. The predicted molar refractivity (Wildman–Crippen MR) is 268 cm³/mol. The predicted octanol–water partition coefficient (Wildman–Crippen LogP) is 12.9. The van der Waals surface area contributed by atoms with Crippen LogP contribution in [-0.4, -0.2) is 52.3 Å². The molecule has 5 aromatic heterocycles. The van der Waals surface area contributed by atoms with Crippen LogP contribution >= 0.6 is 8.58 Å². The fourth-order valence-corrected chi connectivity index (χ4v) is 10.1. The van der Waals surface area contributed by atoms with E-state index >= 15 is 0 Å². The minimum atomic E-state index is -0.0399. The molecule has 0 aliphatic heterocycles. The molecule has 0 bridgehead atoms. The molecule has 0 fully saturated rings. The minimum Gasteiger partial charge on any atom is -0.316 e. The van der Waals surface area contributed by atoms with Crippen molar-refractivity contribution in [3.63, 3.8) is 0 Å². The second-order valence-electron chi connectivity index (χ2n) is 16.8. The topological polar surface area (TPSA) is 95.2 Å². The molecule has 5 heterocycles. The Morgan fingerprint density at radius 1 is 0.631 bits per heavy atom. The third-order valence-electron chi connectivity index (χ3n) is 12.8. The quantitative estimate of drug-likeness (QED) is 0.105. The molecular formula is C56H43N8P. The lowest BCUT2D eigenvalue weighted by Crippen LogP contribution is -2.11. The lowest BCUT2D eigenvalue weighted by atomic mass is 9.93. The van der Waals surface area contributed by atoms with Gasteiger partial charge in [-0.15, -0.1) is 8.58 Å². The Labute approximate surface area is 378 Å². The summed E-state index contributed by atoms with van der Waals surface area (Å²) in [5.41, 5.74) is 13.5. The number of aryl methyl sites for hydroxylation is 2. The number of aromatic nitrogens is 8. The van der Waals surface area contributed by atoms with Gasteiger partial charge >= 0.3 is 0 Å². The van der Waals surface area contributed by atoms with Gasteiger partial charge in [-0.2, -0.15) is 0 Å². The van der Waals surface area contributed by atoms with E-state index in [0.29, 0.717) is 23.9 Å².